The van der Waals surface area contributed by atoms with Crippen molar-refractivity contribution in [2.75, 3.05) is 0 Å². The molecule has 0 saturated heterocycles. The van der Waals surface area contributed by atoms with E-state index in [2.05, 4.69) is 0 Å². The number of rotatable bonds is 4. The van der Waals surface area contributed by atoms with E-state index in [0.717, 1.165) is 0 Å². The molecule has 1 N–H and O–H groups in total. The number of phosphoric acid groups is 1. The third kappa shape index (κ3) is 5.26. The first-order chi connectivity index (χ1) is 9.16. The molecule has 98 valence electrons. The Morgan fingerprint density at radius 1 is 0.842 bits per heavy atom. The fraction of sp³-hybridized carbons (Fsp3) is 0. The maximum Gasteiger partial charge on any atom is 0.584 e. The molecular weight excluding hydrogens is 265 g/mol. The quantitative estimate of drug-likeness (QED) is 0.684. The third-order valence-electron chi connectivity index (χ3n) is 1.93. The molecule has 5 nitrogen and oxygen atoms in total. The van der Waals surface area contributed by atoms with Crippen LogP contribution in [0.5, 0.6) is 11.5 Å². The van der Waals surface area contributed by atoms with E-state index < -0.39 is 7.82 Å². The Bertz CT molecular complexity index is 511. The lowest BCUT2D eigenvalue weighted by atomic mass is 10.3. The topological polar surface area (TPSA) is 79.6 Å². The van der Waals surface area contributed by atoms with Gasteiger partial charge in [0.25, 0.3) is 0 Å². The van der Waals surface area contributed by atoms with E-state index >= 15 is 0 Å². The molecule has 0 aliphatic carbocycles. The second kappa shape index (κ2) is 7.22. The second-order valence-corrected chi connectivity index (χ2v) is 4.58. The van der Waals surface area contributed by atoms with Crippen LogP contribution in [-0.4, -0.2) is 4.89 Å². The van der Waals surface area contributed by atoms with Crippen molar-refractivity contribution in [1.82, 2.24) is 0 Å². The van der Waals surface area contributed by atoms with Crippen LogP contribution >= 0.6 is 7.82 Å². The molecule has 2 rings (SSSR count). The summed E-state index contributed by atoms with van der Waals surface area (Å²) in [7, 11) is -4.14. The van der Waals surface area contributed by atoms with Crippen LogP contribution in [0.1, 0.15) is 0 Å². The van der Waals surface area contributed by atoms with Crippen LogP contribution in [0.2, 0.25) is 0 Å². The Morgan fingerprint density at radius 2 is 1.16 bits per heavy atom. The minimum atomic E-state index is -4.14. The summed E-state index contributed by atoms with van der Waals surface area (Å²) in [5, 5.41) is 6.25. The maximum atomic E-state index is 11.7. The molecule has 0 aliphatic heterocycles. The minimum Gasteiger partial charge on any atom is -0.512 e. The molecule has 0 atom stereocenters. The van der Waals surface area contributed by atoms with Crippen molar-refractivity contribution in [3.63, 3.8) is 0 Å². The predicted molar refractivity (Wildman–Crippen MR) is 68.9 cm³/mol. The molecule has 0 unspecified atom stereocenters. The Balaban J connectivity index is 0.000000861. The summed E-state index contributed by atoms with van der Waals surface area (Å²) in [6.07, 6.45) is 0. The van der Waals surface area contributed by atoms with Crippen LogP contribution in [0.4, 0.5) is 0 Å². The molecule has 0 aliphatic rings. The van der Waals surface area contributed by atoms with E-state index in [-0.39, 0.29) is 11.5 Å². The Hall–Kier alpha value is -2.28. The maximum absolute atomic E-state index is 11.7. The number of hydrogen-bond acceptors (Lipinski definition) is 4. The zero-order valence-corrected chi connectivity index (χ0v) is 10.7. The van der Waals surface area contributed by atoms with Crippen molar-refractivity contribution in [3.8, 4) is 11.5 Å². The lowest BCUT2D eigenvalue weighted by Gasteiger charge is -2.13. The van der Waals surface area contributed by atoms with E-state index in [4.69, 9.17) is 20.9 Å². The molecule has 2 aromatic carbocycles. The van der Waals surface area contributed by atoms with Gasteiger partial charge < -0.3 is 20.9 Å². The number of hydrogen-bond donors (Lipinski definition) is 1. The Morgan fingerprint density at radius 3 is 1.47 bits per heavy atom. The average Bonchev–Trinajstić information content (AvgIpc) is 2.42. The first kappa shape index (κ1) is 14.8. The summed E-state index contributed by atoms with van der Waals surface area (Å²) in [5.41, 5.74) is 0. The highest BCUT2D eigenvalue weighted by molar-refractivity contribution is 7.48. The normalized spacial score (nSPS) is 9.84. The summed E-state index contributed by atoms with van der Waals surface area (Å²) in [6, 6.07) is 16.7. The van der Waals surface area contributed by atoms with Gasteiger partial charge in [-0.15, -0.1) is 0 Å². The van der Waals surface area contributed by atoms with Crippen LogP contribution < -0.4 is 9.05 Å². The summed E-state index contributed by atoms with van der Waals surface area (Å²) in [5.74, 6) is 0.573. The molecule has 0 radical (unpaired) electrons. The van der Waals surface area contributed by atoms with Gasteiger partial charge in [-0.2, -0.15) is 0 Å². The van der Waals surface area contributed by atoms with Gasteiger partial charge in [0.15, 0.2) is 0 Å². The summed E-state index contributed by atoms with van der Waals surface area (Å²) < 4.78 is 21.5. The van der Waals surface area contributed by atoms with Crippen LogP contribution in [-0.2, 0) is 4.57 Å². The van der Waals surface area contributed by atoms with Crippen molar-refractivity contribution in [2.24, 2.45) is 0 Å². The van der Waals surface area contributed by atoms with E-state index in [9.17, 15) is 9.46 Å². The SMILES string of the molecule is O=P(O)(Oc1ccccc1)Oc1ccccc1.[C-]#N. The number of nitrogens with zero attached hydrogens (tertiary/aromatic N) is 1. The van der Waals surface area contributed by atoms with Crippen LogP contribution in [0.25, 0.3) is 0 Å². The van der Waals surface area contributed by atoms with Crippen molar-refractivity contribution in [2.45, 2.75) is 0 Å². The number of para-hydroxylation sites is 2. The number of phosphoric ester groups is 1. The van der Waals surface area contributed by atoms with Crippen LogP contribution in [0.15, 0.2) is 60.7 Å². The van der Waals surface area contributed by atoms with E-state index in [1.54, 1.807) is 60.7 Å². The fourth-order valence-corrected chi connectivity index (χ4v) is 2.06. The minimum absolute atomic E-state index is 0.286. The van der Waals surface area contributed by atoms with Crippen molar-refractivity contribution < 1.29 is 18.5 Å². The van der Waals surface area contributed by atoms with Gasteiger partial charge >= 0.3 is 7.82 Å². The molecule has 2 aromatic rings. The summed E-state index contributed by atoms with van der Waals surface area (Å²) in [4.78, 5) is 9.53. The first-order valence-corrected chi connectivity index (χ1v) is 6.70. The molecule has 0 heterocycles. The molecule has 0 saturated carbocycles. The van der Waals surface area contributed by atoms with Gasteiger partial charge in [-0.25, -0.2) is 4.57 Å². The van der Waals surface area contributed by atoms with Crippen molar-refractivity contribution in [3.05, 3.63) is 67.2 Å². The highest BCUT2D eigenvalue weighted by Gasteiger charge is 2.24. The van der Waals surface area contributed by atoms with E-state index in [1.165, 1.54) is 0 Å². The molecule has 0 spiro atoms. The smallest absolute Gasteiger partial charge is 0.512 e. The standard InChI is InChI=1S/C12H11O4P.CN/c13-17(14,15-11-7-3-1-4-8-11)16-12-9-5-2-6-10-12;1-2/h1-10H,(H,13,14);/q;-1. The van der Waals surface area contributed by atoms with Gasteiger partial charge in [-0.1, -0.05) is 36.4 Å². The average molecular weight is 276 g/mol. The van der Waals surface area contributed by atoms with Gasteiger partial charge in [0.05, 0.1) is 0 Å². The Kier molecular flexibility index (Phi) is 5.62. The van der Waals surface area contributed by atoms with Crippen molar-refractivity contribution >= 4 is 7.82 Å². The lowest BCUT2D eigenvalue weighted by Crippen LogP contribution is -1.99. The monoisotopic (exact) mass is 276 g/mol. The van der Waals surface area contributed by atoms with Gasteiger partial charge in [-0.05, 0) is 24.3 Å². The molecule has 0 fully saturated rings. The molecule has 0 amide bonds. The first-order valence-electron chi connectivity index (χ1n) is 5.20. The summed E-state index contributed by atoms with van der Waals surface area (Å²) >= 11 is 0. The highest BCUT2D eigenvalue weighted by Crippen LogP contribution is 2.43. The van der Waals surface area contributed by atoms with Gasteiger partial charge in [0.2, 0.25) is 0 Å². The van der Waals surface area contributed by atoms with Gasteiger partial charge in [0, 0.05) is 0 Å². The third-order valence-corrected chi connectivity index (χ3v) is 2.81. The molecule has 6 heteroatoms. The van der Waals surface area contributed by atoms with Gasteiger partial charge in [0.1, 0.15) is 11.5 Å². The summed E-state index contributed by atoms with van der Waals surface area (Å²) in [6.45, 7) is 4.75. The highest BCUT2D eigenvalue weighted by atomic mass is 31.2. The Labute approximate surface area is 111 Å². The largest absolute Gasteiger partial charge is 0.584 e. The number of benzene rings is 2. The molecule has 19 heavy (non-hydrogen) atoms. The molecule has 0 bridgehead atoms. The molecule has 0 aromatic heterocycles. The predicted octanol–water partition coefficient (Wildman–Crippen LogP) is 3.34. The van der Waals surface area contributed by atoms with Crippen LogP contribution in [0, 0.1) is 11.8 Å². The lowest BCUT2D eigenvalue weighted by molar-refractivity contribution is 0.291. The zero-order chi connectivity index (χ0) is 14.1. The van der Waals surface area contributed by atoms with Gasteiger partial charge in [-0.3, -0.25) is 4.89 Å². The molecular formula is C13H11NO4P-. The van der Waals surface area contributed by atoms with E-state index in [0.29, 0.717) is 0 Å². The fourth-order valence-electron chi connectivity index (χ4n) is 1.25. The van der Waals surface area contributed by atoms with Crippen LogP contribution in [0.3, 0.4) is 0 Å². The van der Waals surface area contributed by atoms with Crippen molar-refractivity contribution in [1.29, 1.82) is 5.26 Å². The second-order valence-electron chi connectivity index (χ2n) is 3.28. The van der Waals surface area contributed by atoms with E-state index in [1.807, 2.05) is 0 Å². The zero-order valence-electron chi connectivity index (χ0n) is 9.84.